The van der Waals surface area contributed by atoms with E-state index in [2.05, 4.69) is 46.8 Å². The number of rotatable bonds is 6. The molecule has 0 saturated heterocycles. The van der Waals surface area contributed by atoms with Crippen LogP contribution in [0.2, 0.25) is 0 Å². The molecule has 206 valence electrons. The van der Waals surface area contributed by atoms with E-state index in [-0.39, 0.29) is 23.1 Å². The van der Waals surface area contributed by atoms with Gasteiger partial charge in [0, 0.05) is 41.3 Å². The van der Waals surface area contributed by atoms with Gasteiger partial charge >= 0.3 is 0 Å². The summed E-state index contributed by atoms with van der Waals surface area (Å²) >= 11 is 0. The number of hydrogen-bond donors (Lipinski definition) is 2. The van der Waals surface area contributed by atoms with E-state index in [1.165, 1.54) is 11.8 Å². The maximum absolute atomic E-state index is 13.4. The maximum atomic E-state index is 13.4. The van der Waals surface area contributed by atoms with Crippen LogP contribution in [0.15, 0.2) is 47.5 Å². The summed E-state index contributed by atoms with van der Waals surface area (Å²) in [6, 6.07) is 9.72. The monoisotopic (exact) mass is 549 g/mol. The molecule has 10 nitrogen and oxygen atoms in total. The molecule has 5 rings (SSSR count). The molecule has 0 bridgehead atoms. The summed E-state index contributed by atoms with van der Waals surface area (Å²) in [7, 11) is -3.24. The maximum Gasteiger partial charge on any atom is 0.278 e. The molecule has 0 fully saturated rings. The Morgan fingerprint density at radius 1 is 1.08 bits per heavy atom. The van der Waals surface area contributed by atoms with Crippen molar-refractivity contribution in [1.82, 2.24) is 29.0 Å². The summed E-state index contributed by atoms with van der Waals surface area (Å²) in [5, 5.41) is 3.74. The zero-order valence-electron chi connectivity index (χ0n) is 23.2. The summed E-state index contributed by atoms with van der Waals surface area (Å²) in [4.78, 5) is 27.2. The molecule has 39 heavy (non-hydrogen) atoms. The SMILES string of the molecule is CC(C)n1c(=O)c2cnc(Nc3ccc4c(c3)CCC(NS(C)(=O)=O)C4)nc2n1-c1ccnc(C(C)(C)C)c1. The average molecular weight is 550 g/mol. The number of pyridine rings is 1. The minimum Gasteiger partial charge on any atom is -0.324 e. The minimum absolute atomic E-state index is 0.0919. The third-order valence-corrected chi connectivity index (χ3v) is 7.70. The first kappa shape index (κ1) is 27.0. The highest BCUT2D eigenvalue weighted by Gasteiger charge is 2.23. The largest absolute Gasteiger partial charge is 0.324 e. The van der Waals surface area contributed by atoms with Crippen molar-refractivity contribution in [3.05, 3.63) is 69.9 Å². The lowest BCUT2D eigenvalue weighted by Gasteiger charge is -2.25. The van der Waals surface area contributed by atoms with E-state index in [1.54, 1.807) is 17.1 Å². The Hall–Kier alpha value is -3.57. The topological polar surface area (TPSA) is 124 Å². The van der Waals surface area contributed by atoms with Gasteiger partial charge in [-0.05, 0) is 68.5 Å². The summed E-state index contributed by atoms with van der Waals surface area (Å²) in [6.45, 7) is 10.3. The number of nitrogens with one attached hydrogen (secondary N) is 2. The Labute approximate surface area is 228 Å². The molecule has 3 aromatic heterocycles. The molecule has 3 heterocycles. The van der Waals surface area contributed by atoms with Crippen LogP contribution in [0.4, 0.5) is 11.6 Å². The standard InChI is InChI=1S/C28H35N7O3S/c1-17(2)34-26(36)23-16-30-27(32-25(23)35(34)22-11-12-29-24(15-22)28(3,4)5)31-20-9-7-19-14-21(33-39(6,37)38)10-8-18(19)13-20/h7,9,11-13,15-17,21,33H,8,10,14H2,1-6H3,(H,30,31,32). The zero-order valence-corrected chi connectivity index (χ0v) is 24.0. The van der Waals surface area contributed by atoms with Crippen LogP contribution in [0.25, 0.3) is 16.7 Å². The van der Waals surface area contributed by atoms with Crippen molar-refractivity contribution in [2.75, 3.05) is 11.6 Å². The molecular formula is C28H35N7O3S. The molecule has 1 aliphatic rings. The fourth-order valence-corrected chi connectivity index (χ4v) is 5.91. The second kappa shape index (κ2) is 9.87. The number of aryl methyl sites for hydroxylation is 1. The first-order chi connectivity index (χ1) is 18.3. The zero-order chi connectivity index (χ0) is 28.1. The number of hydrogen-bond acceptors (Lipinski definition) is 7. The van der Waals surface area contributed by atoms with Gasteiger partial charge < -0.3 is 5.32 Å². The van der Waals surface area contributed by atoms with Gasteiger partial charge in [-0.1, -0.05) is 26.8 Å². The lowest BCUT2D eigenvalue weighted by atomic mass is 9.88. The highest BCUT2D eigenvalue weighted by Crippen LogP contribution is 2.28. The van der Waals surface area contributed by atoms with Crippen LogP contribution in [-0.2, 0) is 28.3 Å². The van der Waals surface area contributed by atoms with Crippen LogP contribution in [0.5, 0.6) is 0 Å². The van der Waals surface area contributed by atoms with Crippen molar-refractivity contribution < 1.29 is 8.42 Å². The molecule has 0 spiro atoms. The Bertz CT molecular complexity index is 1720. The molecule has 1 aliphatic carbocycles. The lowest BCUT2D eigenvalue weighted by Crippen LogP contribution is -2.38. The predicted molar refractivity (Wildman–Crippen MR) is 154 cm³/mol. The van der Waals surface area contributed by atoms with E-state index in [4.69, 9.17) is 4.98 Å². The number of sulfonamides is 1. The van der Waals surface area contributed by atoms with Gasteiger partial charge in [-0.15, -0.1) is 0 Å². The molecule has 4 aromatic rings. The quantitative estimate of drug-likeness (QED) is 0.372. The van der Waals surface area contributed by atoms with Crippen LogP contribution in [0.1, 0.15) is 63.9 Å². The molecule has 0 saturated carbocycles. The fourth-order valence-electron chi connectivity index (χ4n) is 5.10. The number of fused-ring (bicyclic) bond motifs is 2. The number of nitrogens with zero attached hydrogens (tertiary/aromatic N) is 5. The minimum atomic E-state index is -3.24. The number of anilines is 2. The van der Waals surface area contributed by atoms with Gasteiger partial charge in [0.1, 0.15) is 5.39 Å². The van der Waals surface area contributed by atoms with Crippen molar-refractivity contribution in [3.63, 3.8) is 0 Å². The van der Waals surface area contributed by atoms with Gasteiger partial charge in [-0.2, -0.15) is 4.98 Å². The molecular weight excluding hydrogens is 514 g/mol. The van der Waals surface area contributed by atoms with Crippen molar-refractivity contribution in [2.45, 2.75) is 71.4 Å². The Balaban J connectivity index is 1.51. The van der Waals surface area contributed by atoms with E-state index in [0.717, 1.165) is 35.5 Å². The van der Waals surface area contributed by atoms with Gasteiger partial charge in [0.05, 0.1) is 11.9 Å². The van der Waals surface area contributed by atoms with Crippen LogP contribution in [0, 0.1) is 0 Å². The predicted octanol–water partition coefficient (Wildman–Crippen LogP) is 4.01. The first-order valence-corrected chi connectivity index (χ1v) is 15.0. The van der Waals surface area contributed by atoms with Crippen molar-refractivity contribution >= 4 is 32.7 Å². The highest BCUT2D eigenvalue weighted by molar-refractivity contribution is 7.88. The molecule has 1 aromatic carbocycles. The molecule has 1 atom stereocenters. The molecule has 0 aliphatic heterocycles. The van der Waals surface area contributed by atoms with Gasteiger partial charge in [0.15, 0.2) is 5.65 Å². The van der Waals surface area contributed by atoms with Gasteiger partial charge in [0.25, 0.3) is 5.56 Å². The van der Waals surface area contributed by atoms with Gasteiger partial charge in [0.2, 0.25) is 16.0 Å². The van der Waals surface area contributed by atoms with Crippen LogP contribution in [0.3, 0.4) is 0 Å². The van der Waals surface area contributed by atoms with E-state index in [1.807, 2.05) is 42.8 Å². The van der Waals surface area contributed by atoms with E-state index in [0.29, 0.717) is 23.4 Å². The van der Waals surface area contributed by atoms with Gasteiger partial charge in [-0.25, -0.2) is 27.5 Å². The van der Waals surface area contributed by atoms with E-state index in [9.17, 15) is 13.2 Å². The third kappa shape index (κ3) is 5.60. The third-order valence-electron chi connectivity index (χ3n) is 6.94. The van der Waals surface area contributed by atoms with Gasteiger partial charge in [-0.3, -0.25) is 9.78 Å². The average Bonchev–Trinajstić information content (AvgIpc) is 3.14. The van der Waals surface area contributed by atoms with Crippen LogP contribution >= 0.6 is 0 Å². The summed E-state index contributed by atoms with van der Waals surface area (Å²) in [5.41, 5.74) is 5.07. The highest BCUT2D eigenvalue weighted by atomic mass is 32.2. The summed E-state index contributed by atoms with van der Waals surface area (Å²) in [5.74, 6) is 0.384. The Morgan fingerprint density at radius 2 is 1.85 bits per heavy atom. The molecule has 0 radical (unpaired) electrons. The molecule has 1 unspecified atom stereocenters. The fraction of sp³-hybridized carbons (Fsp3) is 0.429. The smallest absolute Gasteiger partial charge is 0.278 e. The van der Waals surface area contributed by atoms with Crippen LogP contribution < -0.4 is 15.6 Å². The van der Waals surface area contributed by atoms with Crippen molar-refractivity contribution in [3.8, 4) is 5.69 Å². The second-order valence-electron chi connectivity index (χ2n) is 11.6. The van der Waals surface area contributed by atoms with Crippen LogP contribution in [-0.4, -0.2) is 45.0 Å². The first-order valence-electron chi connectivity index (χ1n) is 13.1. The Kier molecular flexibility index (Phi) is 6.84. The van der Waals surface area contributed by atoms with E-state index >= 15 is 0 Å². The normalized spacial score (nSPS) is 16.0. The summed E-state index contributed by atoms with van der Waals surface area (Å²) < 4.78 is 29.5. The number of aromatic nitrogens is 5. The number of benzene rings is 1. The Morgan fingerprint density at radius 3 is 2.54 bits per heavy atom. The molecule has 0 amide bonds. The van der Waals surface area contributed by atoms with E-state index < -0.39 is 10.0 Å². The van der Waals surface area contributed by atoms with Crippen molar-refractivity contribution in [2.24, 2.45) is 0 Å². The second-order valence-corrected chi connectivity index (χ2v) is 13.4. The van der Waals surface area contributed by atoms with Crippen molar-refractivity contribution in [1.29, 1.82) is 0 Å². The molecule has 2 N–H and O–H groups in total. The molecule has 11 heteroatoms. The lowest BCUT2D eigenvalue weighted by molar-refractivity contribution is 0.474. The summed E-state index contributed by atoms with van der Waals surface area (Å²) in [6.07, 6.45) is 6.70.